The zero-order valence-electron chi connectivity index (χ0n) is 7.68. The standard InChI is InChI=1S/C8H18N2O/c1-10(2)8(7-11-3)4-5-9-6-8/h9H,4-7H2,1-3H3. The molecule has 1 fully saturated rings. The summed E-state index contributed by atoms with van der Waals surface area (Å²) < 4.78 is 5.21. The van der Waals surface area contributed by atoms with Crippen LogP contribution in [-0.4, -0.2) is 51.3 Å². The average Bonchev–Trinajstić information content (AvgIpc) is 2.38. The van der Waals surface area contributed by atoms with E-state index < -0.39 is 0 Å². The molecule has 0 aliphatic carbocycles. The lowest BCUT2D eigenvalue weighted by Gasteiger charge is -2.34. The smallest absolute Gasteiger partial charge is 0.0659 e. The van der Waals surface area contributed by atoms with Crippen LogP contribution in [0.15, 0.2) is 0 Å². The third-order valence-corrected chi connectivity index (χ3v) is 2.58. The van der Waals surface area contributed by atoms with E-state index in [-0.39, 0.29) is 5.54 Å². The third-order valence-electron chi connectivity index (χ3n) is 2.58. The maximum atomic E-state index is 5.21. The summed E-state index contributed by atoms with van der Waals surface area (Å²) in [5.74, 6) is 0. The molecule has 0 spiro atoms. The van der Waals surface area contributed by atoms with Gasteiger partial charge >= 0.3 is 0 Å². The zero-order valence-corrected chi connectivity index (χ0v) is 7.68. The summed E-state index contributed by atoms with van der Waals surface area (Å²) in [6.07, 6.45) is 1.19. The van der Waals surface area contributed by atoms with E-state index in [1.54, 1.807) is 7.11 Å². The van der Waals surface area contributed by atoms with Crippen molar-refractivity contribution in [3.05, 3.63) is 0 Å². The second-order valence-electron chi connectivity index (χ2n) is 3.48. The van der Waals surface area contributed by atoms with Crippen molar-refractivity contribution in [2.24, 2.45) is 0 Å². The Morgan fingerprint density at radius 1 is 1.55 bits per heavy atom. The number of likely N-dealkylation sites (N-methyl/N-ethyl adjacent to an activating group) is 1. The van der Waals surface area contributed by atoms with Crippen LogP contribution in [0, 0.1) is 0 Å². The summed E-state index contributed by atoms with van der Waals surface area (Å²) in [5, 5.41) is 3.36. The fraction of sp³-hybridized carbons (Fsp3) is 1.00. The summed E-state index contributed by atoms with van der Waals surface area (Å²) in [7, 11) is 6.00. The Kier molecular flexibility index (Phi) is 2.87. The summed E-state index contributed by atoms with van der Waals surface area (Å²) in [4.78, 5) is 2.26. The molecule has 1 aliphatic rings. The Hall–Kier alpha value is -0.120. The molecule has 66 valence electrons. The minimum Gasteiger partial charge on any atom is -0.383 e. The molecule has 0 bridgehead atoms. The number of ether oxygens (including phenoxy) is 1. The summed E-state index contributed by atoms with van der Waals surface area (Å²) in [5.41, 5.74) is 0.245. The SMILES string of the molecule is COCC1(N(C)C)CCNC1. The van der Waals surface area contributed by atoms with Gasteiger partial charge in [-0.3, -0.25) is 0 Å². The van der Waals surface area contributed by atoms with E-state index >= 15 is 0 Å². The van der Waals surface area contributed by atoms with E-state index in [1.807, 2.05) is 0 Å². The van der Waals surface area contributed by atoms with Gasteiger partial charge in [0.1, 0.15) is 0 Å². The summed E-state index contributed by atoms with van der Waals surface area (Å²) in [6, 6.07) is 0. The van der Waals surface area contributed by atoms with Crippen LogP contribution in [-0.2, 0) is 4.74 Å². The van der Waals surface area contributed by atoms with Gasteiger partial charge in [-0.15, -0.1) is 0 Å². The van der Waals surface area contributed by atoms with Crippen LogP contribution >= 0.6 is 0 Å². The molecular formula is C8H18N2O. The largest absolute Gasteiger partial charge is 0.383 e. The zero-order chi connectivity index (χ0) is 8.32. The summed E-state index contributed by atoms with van der Waals surface area (Å²) in [6.45, 7) is 2.99. The molecule has 1 rings (SSSR count). The van der Waals surface area contributed by atoms with Gasteiger partial charge in [0.2, 0.25) is 0 Å². The van der Waals surface area contributed by atoms with Gasteiger partial charge in [0.05, 0.1) is 12.1 Å². The van der Waals surface area contributed by atoms with E-state index in [0.29, 0.717) is 0 Å². The molecule has 1 aliphatic heterocycles. The molecule has 1 saturated heterocycles. The minimum atomic E-state index is 0.245. The third kappa shape index (κ3) is 1.72. The first-order valence-electron chi connectivity index (χ1n) is 4.08. The second kappa shape index (κ2) is 3.52. The molecule has 3 heteroatoms. The molecular weight excluding hydrogens is 140 g/mol. The van der Waals surface area contributed by atoms with Crippen molar-refractivity contribution < 1.29 is 4.74 Å². The van der Waals surface area contributed by atoms with E-state index in [4.69, 9.17) is 4.74 Å². The lowest BCUT2D eigenvalue weighted by atomic mass is 9.99. The first-order valence-corrected chi connectivity index (χ1v) is 4.08. The highest BCUT2D eigenvalue weighted by atomic mass is 16.5. The van der Waals surface area contributed by atoms with Crippen molar-refractivity contribution >= 4 is 0 Å². The molecule has 1 unspecified atom stereocenters. The monoisotopic (exact) mass is 158 g/mol. The van der Waals surface area contributed by atoms with Crippen LogP contribution in [0.1, 0.15) is 6.42 Å². The number of hydrogen-bond donors (Lipinski definition) is 1. The van der Waals surface area contributed by atoms with Crippen molar-refractivity contribution in [2.45, 2.75) is 12.0 Å². The van der Waals surface area contributed by atoms with Gasteiger partial charge in [-0.2, -0.15) is 0 Å². The van der Waals surface area contributed by atoms with E-state index in [2.05, 4.69) is 24.3 Å². The Morgan fingerprint density at radius 3 is 2.64 bits per heavy atom. The highest BCUT2D eigenvalue weighted by molar-refractivity contribution is 4.95. The molecule has 0 amide bonds. The Bertz CT molecular complexity index is 119. The van der Waals surface area contributed by atoms with Crippen molar-refractivity contribution in [1.29, 1.82) is 0 Å². The first-order chi connectivity index (χ1) is 5.21. The number of hydrogen-bond acceptors (Lipinski definition) is 3. The fourth-order valence-corrected chi connectivity index (χ4v) is 1.63. The second-order valence-corrected chi connectivity index (χ2v) is 3.48. The molecule has 0 aromatic carbocycles. The highest BCUT2D eigenvalue weighted by Gasteiger charge is 2.35. The molecule has 0 aromatic heterocycles. The van der Waals surface area contributed by atoms with Crippen molar-refractivity contribution in [2.75, 3.05) is 40.9 Å². The number of methoxy groups -OCH3 is 1. The molecule has 1 atom stereocenters. The van der Waals surface area contributed by atoms with Gasteiger partial charge in [-0.1, -0.05) is 0 Å². The molecule has 0 saturated carbocycles. The number of rotatable bonds is 3. The average molecular weight is 158 g/mol. The predicted octanol–water partition coefficient (Wildman–Crippen LogP) is -0.0735. The predicted molar refractivity (Wildman–Crippen MR) is 45.8 cm³/mol. The molecule has 3 nitrogen and oxygen atoms in total. The van der Waals surface area contributed by atoms with E-state index in [9.17, 15) is 0 Å². The molecule has 0 aromatic rings. The van der Waals surface area contributed by atoms with Crippen LogP contribution in [0.5, 0.6) is 0 Å². The maximum Gasteiger partial charge on any atom is 0.0659 e. The molecule has 0 radical (unpaired) electrons. The van der Waals surface area contributed by atoms with Crippen molar-refractivity contribution in [3.8, 4) is 0 Å². The summed E-state index contributed by atoms with van der Waals surface area (Å²) >= 11 is 0. The van der Waals surface area contributed by atoms with Crippen molar-refractivity contribution in [3.63, 3.8) is 0 Å². The van der Waals surface area contributed by atoms with Crippen LogP contribution < -0.4 is 5.32 Å². The topological polar surface area (TPSA) is 24.5 Å². The fourth-order valence-electron chi connectivity index (χ4n) is 1.63. The van der Waals surface area contributed by atoms with E-state index in [1.165, 1.54) is 6.42 Å². The van der Waals surface area contributed by atoms with Crippen LogP contribution in [0.25, 0.3) is 0 Å². The Morgan fingerprint density at radius 2 is 2.27 bits per heavy atom. The molecule has 1 heterocycles. The minimum absolute atomic E-state index is 0.245. The van der Waals surface area contributed by atoms with Gasteiger partial charge in [0.25, 0.3) is 0 Å². The van der Waals surface area contributed by atoms with Gasteiger partial charge < -0.3 is 15.0 Å². The van der Waals surface area contributed by atoms with Gasteiger partial charge in [-0.25, -0.2) is 0 Å². The van der Waals surface area contributed by atoms with Gasteiger partial charge in [0.15, 0.2) is 0 Å². The number of nitrogens with one attached hydrogen (secondary N) is 1. The highest BCUT2D eigenvalue weighted by Crippen LogP contribution is 2.20. The quantitative estimate of drug-likeness (QED) is 0.622. The lowest BCUT2D eigenvalue weighted by molar-refractivity contribution is 0.0541. The van der Waals surface area contributed by atoms with Crippen LogP contribution in [0.4, 0.5) is 0 Å². The van der Waals surface area contributed by atoms with E-state index in [0.717, 1.165) is 19.7 Å². The molecule has 1 N–H and O–H groups in total. The Labute approximate surface area is 68.7 Å². The van der Waals surface area contributed by atoms with Crippen LogP contribution in [0.2, 0.25) is 0 Å². The lowest BCUT2D eigenvalue weighted by Crippen LogP contribution is -2.49. The Balaban J connectivity index is 2.55. The number of nitrogens with zero attached hydrogens (tertiary/aromatic N) is 1. The van der Waals surface area contributed by atoms with Gasteiger partial charge in [-0.05, 0) is 27.1 Å². The first kappa shape index (κ1) is 8.97. The van der Waals surface area contributed by atoms with Crippen LogP contribution in [0.3, 0.4) is 0 Å². The van der Waals surface area contributed by atoms with Gasteiger partial charge in [0, 0.05) is 13.7 Å². The normalized spacial score (nSPS) is 31.6. The van der Waals surface area contributed by atoms with Crippen molar-refractivity contribution in [1.82, 2.24) is 10.2 Å². The molecule has 11 heavy (non-hydrogen) atoms. The maximum absolute atomic E-state index is 5.21.